The summed E-state index contributed by atoms with van der Waals surface area (Å²) in [6.45, 7) is 8.61. The van der Waals surface area contributed by atoms with Crippen molar-refractivity contribution in [3.05, 3.63) is 29.8 Å². The Bertz CT molecular complexity index is 468. The number of nitrogens with zero attached hydrogens (tertiary/aromatic N) is 1. The molecule has 0 aliphatic carbocycles. The Hall–Kier alpha value is -1.00. The van der Waals surface area contributed by atoms with Crippen LogP contribution in [-0.4, -0.2) is 43.2 Å². The van der Waals surface area contributed by atoms with E-state index in [1.165, 1.54) is 6.42 Å². The van der Waals surface area contributed by atoms with E-state index >= 15 is 0 Å². The third-order valence-electron chi connectivity index (χ3n) is 4.01. The van der Waals surface area contributed by atoms with Crippen LogP contribution in [0.15, 0.2) is 29.2 Å². The van der Waals surface area contributed by atoms with Crippen molar-refractivity contribution in [2.75, 3.05) is 32.4 Å². The largest absolute Gasteiger partial charge is 0.351 e. The molecule has 21 heavy (non-hydrogen) atoms. The number of carbonyl (C=O) groups excluding carboxylic acids is 1. The van der Waals surface area contributed by atoms with Crippen molar-refractivity contribution in [3.8, 4) is 0 Å². The van der Waals surface area contributed by atoms with Crippen LogP contribution in [0.3, 0.4) is 0 Å². The number of hydrogen-bond acceptors (Lipinski definition) is 3. The highest BCUT2D eigenvalue weighted by Gasteiger charge is 2.21. The number of likely N-dealkylation sites (tertiary alicyclic amines) is 1. The van der Waals surface area contributed by atoms with E-state index < -0.39 is 0 Å². The number of rotatable bonds is 5. The van der Waals surface area contributed by atoms with E-state index in [4.69, 9.17) is 0 Å². The van der Waals surface area contributed by atoms with Crippen LogP contribution in [0.5, 0.6) is 0 Å². The maximum Gasteiger partial charge on any atom is 0.252 e. The molecule has 1 saturated heterocycles. The van der Waals surface area contributed by atoms with Crippen LogP contribution >= 0.6 is 11.8 Å². The lowest BCUT2D eigenvalue weighted by Gasteiger charge is -2.34. The Morgan fingerprint density at radius 1 is 1.29 bits per heavy atom. The smallest absolute Gasteiger partial charge is 0.252 e. The first kappa shape index (κ1) is 16.4. The molecule has 0 aromatic heterocycles. The highest BCUT2D eigenvalue weighted by molar-refractivity contribution is 7.98. The van der Waals surface area contributed by atoms with Gasteiger partial charge in [-0.2, -0.15) is 0 Å². The normalized spacial score (nSPS) is 23.0. The van der Waals surface area contributed by atoms with E-state index in [0.717, 1.165) is 48.5 Å². The molecule has 4 heteroatoms. The molecule has 0 spiro atoms. The summed E-state index contributed by atoms with van der Waals surface area (Å²) in [5.74, 6) is 1.57. The van der Waals surface area contributed by atoms with Crippen LogP contribution in [0, 0.1) is 11.8 Å². The molecule has 0 radical (unpaired) electrons. The molecule has 3 nitrogen and oxygen atoms in total. The minimum absolute atomic E-state index is 0.0399. The molecular weight excluding hydrogens is 280 g/mol. The fraction of sp³-hybridized carbons (Fsp3) is 0.588. The van der Waals surface area contributed by atoms with Crippen LogP contribution < -0.4 is 5.32 Å². The number of nitrogens with one attached hydrogen (secondary N) is 1. The maximum absolute atomic E-state index is 12.3. The third kappa shape index (κ3) is 4.75. The summed E-state index contributed by atoms with van der Waals surface area (Å²) in [7, 11) is 0. The highest BCUT2D eigenvalue weighted by Crippen LogP contribution is 2.21. The summed E-state index contributed by atoms with van der Waals surface area (Å²) in [6.07, 6.45) is 3.33. The van der Waals surface area contributed by atoms with Gasteiger partial charge >= 0.3 is 0 Å². The monoisotopic (exact) mass is 306 g/mol. The molecule has 116 valence electrons. The Labute approximate surface area is 132 Å². The van der Waals surface area contributed by atoms with Gasteiger partial charge in [0.15, 0.2) is 0 Å². The molecule has 1 aromatic rings. The summed E-state index contributed by atoms with van der Waals surface area (Å²) in [4.78, 5) is 15.8. The molecule has 0 saturated carbocycles. The second-order valence-corrected chi connectivity index (χ2v) is 7.01. The number of carbonyl (C=O) groups is 1. The first-order valence-electron chi connectivity index (χ1n) is 7.73. The fourth-order valence-corrected chi connectivity index (χ4v) is 3.82. The third-order valence-corrected chi connectivity index (χ3v) is 4.81. The number of hydrogen-bond donors (Lipinski definition) is 1. The highest BCUT2D eigenvalue weighted by atomic mass is 32.2. The molecule has 1 aliphatic rings. The summed E-state index contributed by atoms with van der Waals surface area (Å²) in [5, 5.41) is 3.06. The van der Waals surface area contributed by atoms with E-state index in [1.807, 2.05) is 30.5 Å². The number of benzene rings is 1. The van der Waals surface area contributed by atoms with Crippen LogP contribution in [0.2, 0.25) is 0 Å². The van der Waals surface area contributed by atoms with Crippen molar-refractivity contribution < 1.29 is 4.79 Å². The molecule has 0 bridgehead atoms. The minimum atomic E-state index is 0.0399. The molecule has 1 heterocycles. The van der Waals surface area contributed by atoms with Crippen molar-refractivity contribution in [2.45, 2.75) is 25.2 Å². The summed E-state index contributed by atoms with van der Waals surface area (Å²) >= 11 is 1.61. The molecular formula is C17H26N2OS. The molecule has 2 unspecified atom stereocenters. The zero-order valence-corrected chi connectivity index (χ0v) is 14.1. The quantitative estimate of drug-likeness (QED) is 0.848. The van der Waals surface area contributed by atoms with Crippen molar-refractivity contribution in [1.29, 1.82) is 0 Å². The molecule has 1 amide bonds. The van der Waals surface area contributed by atoms with Crippen LogP contribution in [0.25, 0.3) is 0 Å². The first-order chi connectivity index (χ1) is 10.1. The van der Waals surface area contributed by atoms with E-state index in [0.29, 0.717) is 0 Å². The van der Waals surface area contributed by atoms with Gasteiger partial charge in [0, 0.05) is 31.1 Å². The molecule has 2 atom stereocenters. The Kier molecular flexibility index (Phi) is 6.12. The van der Waals surface area contributed by atoms with Gasteiger partial charge in [-0.25, -0.2) is 0 Å². The first-order valence-corrected chi connectivity index (χ1v) is 8.96. The van der Waals surface area contributed by atoms with Crippen LogP contribution in [0.4, 0.5) is 0 Å². The standard InChI is InChI=1S/C17H26N2OS/c1-13-10-14(2)12-19(11-13)9-8-18-17(20)15-6-4-5-7-16(15)21-3/h4-7,13-14H,8-12H2,1-3H3,(H,18,20). The second kappa shape index (κ2) is 7.85. The van der Waals surface area contributed by atoms with Gasteiger partial charge in [-0.1, -0.05) is 26.0 Å². The number of amides is 1. The Morgan fingerprint density at radius 2 is 1.95 bits per heavy atom. The SMILES string of the molecule is CSc1ccccc1C(=O)NCCN1CC(C)CC(C)C1. The molecule has 1 aromatic carbocycles. The Balaban J connectivity index is 1.81. The molecule has 2 rings (SSSR count). The van der Waals surface area contributed by atoms with Crippen molar-refractivity contribution >= 4 is 17.7 Å². The van der Waals surface area contributed by atoms with Gasteiger partial charge in [-0.05, 0) is 36.6 Å². The van der Waals surface area contributed by atoms with E-state index in [2.05, 4.69) is 24.1 Å². The van der Waals surface area contributed by atoms with E-state index in [-0.39, 0.29) is 5.91 Å². The molecule has 1 fully saturated rings. The van der Waals surface area contributed by atoms with Gasteiger partial charge in [-0.15, -0.1) is 11.8 Å². The topological polar surface area (TPSA) is 32.3 Å². The van der Waals surface area contributed by atoms with Gasteiger partial charge < -0.3 is 10.2 Å². The van der Waals surface area contributed by atoms with Gasteiger partial charge in [0.25, 0.3) is 5.91 Å². The average molecular weight is 306 g/mol. The van der Waals surface area contributed by atoms with E-state index in [1.54, 1.807) is 11.8 Å². The van der Waals surface area contributed by atoms with Crippen LogP contribution in [-0.2, 0) is 0 Å². The second-order valence-electron chi connectivity index (χ2n) is 6.16. The van der Waals surface area contributed by atoms with Gasteiger partial charge in [0.05, 0.1) is 5.56 Å². The van der Waals surface area contributed by atoms with Crippen molar-refractivity contribution in [2.24, 2.45) is 11.8 Å². The maximum atomic E-state index is 12.3. The van der Waals surface area contributed by atoms with Gasteiger partial charge in [0.1, 0.15) is 0 Å². The summed E-state index contributed by atoms with van der Waals surface area (Å²) in [5.41, 5.74) is 0.783. The fourth-order valence-electron chi connectivity index (χ4n) is 3.23. The average Bonchev–Trinajstić information content (AvgIpc) is 2.46. The zero-order chi connectivity index (χ0) is 15.2. The lowest BCUT2D eigenvalue weighted by atomic mass is 9.92. The number of thioether (sulfide) groups is 1. The predicted octanol–water partition coefficient (Wildman–Crippen LogP) is 3.12. The lowest BCUT2D eigenvalue weighted by molar-refractivity contribution is 0.0934. The predicted molar refractivity (Wildman–Crippen MR) is 89.9 cm³/mol. The molecule has 1 N–H and O–H groups in total. The van der Waals surface area contributed by atoms with Gasteiger partial charge in [0.2, 0.25) is 0 Å². The minimum Gasteiger partial charge on any atom is -0.351 e. The Morgan fingerprint density at radius 3 is 2.62 bits per heavy atom. The van der Waals surface area contributed by atoms with Gasteiger partial charge in [-0.3, -0.25) is 4.79 Å². The zero-order valence-electron chi connectivity index (χ0n) is 13.3. The van der Waals surface area contributed by atoms with E-state index in [9.17, 15) is 4.79 Å². The molecule has 1 aliphatic heterocycles. The number of piperidine rings is 1. The summed E-state index contributed by atoms with van der Waals surface area (Å²) in [6, 6.07) is 7.78. The van der Waals surface area contributed by atoms with Crippen molar-refractivity contribution in [1.82, 2.24) is 10.2 Å². The van der Waals surface area contributed by atoms with Crippen molar-refractivity contribution in [3.63, 3.8) is 0 Å². The summed E-state index contributed by atoms with van der Waals surface area (Å²) < 4.78 is 0. The van der Waals surface area contributed by atoms with Crippen LogP contribution in [0.1, 0.15) is 30.6 Å². The lowest BCUT2D eigenvalue weighted by Crippen LogP contribution is -2.42.